The number of carboxylic acids is 1. The van der Waals surface area contributed by atoms with E-state index in [9.17, 15) is 13.8 Å². The third-order valence-corrected chi connectivity index (χ3v) is 4.32. The Kier molecular flexibility index (Phi) is 3.95. The minimum absolute atomic E-state index is 0.00678. The highest BCUT2D eigenvalue weighted by Crippen LogP contribution is 2.13. The molecule has 0 aromatic heterocycles. The van der Waals surface area contributed by atoms with E-state index in [4.69, 9.17) is 9.94 Å². The van der Waals surface area contributed by atoms with E-state index >= 15 is 0 Å². The molecule has 0 aliphatic carbocycles. The van der Waals surface area contributed by atoms with E-state index in [1.165, 1.54) is 0 Å². The largest absolute Gasteiger partial charge is 0.477 e. The van der Waals surface area contributed by atoms with Gasteiger partial charge in [0.25, 0.3) is 5.91 Å². The second-order valence-corrected chi connectivity index (χ2v) is 5.97. The summed E-state index contributed by atoms with van der Waals surface area (Å²) in [7, 11) is -0.772. The lowest BCUT2D eigenvalue weighted by molar-refractivity contribution is -0.132. The minimum atomic E-state index is -1.17. The molecule has 2 N–H and O–H groups in total. The van der Waals surface area contributed by atoms with E-state index in [1.807, 2.05) is 0 Å². The van der Waals surface area contributed by atoms with Gasteiger partial charge in [0, 0.05) is 34.8 Å². The zero-order chi connectivity index (χ0) is 13.1. The third-order valence-electron chi connectivity index (χ3n) is 2.94. The van der Waals surface area contributed by atoms with Crippen molar-refractivity contribution in [1.29, 1.82) is 0 Å². The fourth-order valence-corrected chi connectivity index (χ4v) is 3.18. The number of carboxylic acid groups (broad SMARTS) is 1. The molecule has 1 fully saturated rings. The molecule has 0 aromatic rings. The van der Waals surface area contributed by atoms with Gasteiger partial charge in [-0.2, -0.15) is 0 Å². The lowest BCUT2D eigenvalue weighted by atomic mass is 10.1. The Morgan fingerprint density at radius 3 is 2.61 bits per heavy atom. The molecule has 2 aliphatic heterocycles. The topological polar surface area (TPSA) is 105 Å². The van der Waals surface area contributed by atoms with Crippen LogP contribution in [0, 0.1) is 0 Å². The molecular formula is C10H14N2O5S. The van der Waals surface area contributed by atoms with Crippen LogP contribution in [-0.4, -0.2) is 50.6 Å². The minimum Gasteiger partial charge on any atom is -0.477 e. The summed E-state index contributed by atoms with van der Waals surface area (Å²) >= 11 is 0. The lowest BCUT2D eigenvalue weighted by Gasteiger charge is -2.23. The van der Waals surface area contributed by atoms with Crippen LogP contribution in [0.4, 0.5) is 0 Å². The van der Waals surface area contributed by atoms with Crippen molar-refractivity contribution in [2.24, 2.45) is 5.16 Å². The second-order valence-electron chi connectivity index (χ2n) is 4.27. The van der Waals surface area contributed by atoms with Crippen molar-refractivity contribution < 1.29 is 23.7 Å². The first-order valence-electron chi connectivity index (χ1n) is 5.67. The molecule has 1 amide bonds. The number of nitrogens with one attached hydrogen (secondary N) is 1. The summed E-state index contributed by atoms with van der Waals surface area (Å²) < 4.78 is 11.2. The summed E-state index contributed by atoms with van der Waals surface area (Å²) in [5, 5.41) is 14.8. The number of oxime groups is 1. The van der Waals surface area contributed by atoms with E-state index in [0.717, 1.165) is 0 Å². The Hall–Kier alpha value is -1.44. The predicted molar refractivity (Wildman–Crippen MR) is 63.6 cm³/mol. The number of hydrogen-bond acceptors (Lipinski definition) is 5. The zero-order valence-corrected chi connectivity index (χ0v) is 10.4. The van der Waals surface area contributed by atoms with Crippen molar-refractivity contribution in [3.05, 3.63) is 0 Å². The highest BCUT2D eigenvalue weighted by molar-refractivity contribution is 7.85. The monoisotopic (exact) mass is 274 g/mol. The third kappa shape index (κ3) is 3.06. The summed E-state index contributed by atoms with van der Waals surface area (Å²) in [5.74, 6) is -0.341. The van der Waals surface area contributed by atoms with Crippen LogP contribution in [-0.2, 0) is 25.2 Å². The van der Waals surface area contributed by atoms with E-state index in [2.05, 4.69) is 10.5 Å². The van der Waals surface area contributed by atoms with Crippen molar-refractivity contribution in [1.82, 2.24) is 5.32 Å². The van der Waals surface area contributed by atoms with Crippen LogP contribution in [0.1, 0.15) is 19.3 Å². The molecule has 0 spiro atoms. The number of carbonyl (C=O) groups is 2. The van der Waals surface area contributed by atoms with Crippen molar-refractivity contribution in [3.63, 3.8) is 0 Å². The number of amides is 1. The predicted octanol–water partition coefficient (Wildman–Crippen LogP) is -0.757. The molecule has 0 saturated carbocycles. The van der Waals surface area contributed by atoms with Gasteiger partial charge in [0.05, 0.1) is 0 Å². The fraction of sp³-hybridized carbons (Fsp3) is 0.700. The molecule has 1 saturated heterocycles. The standard InChI is InChI=1S/C10H14N2O5S/c13-9(8-5-7(10(14)15)12-17-8)11-6-1-3-18(16)4-2-6/h6,8H,1-5H2,(H,11,13)(H,14,15). The van der Waals surface area contributed by atoms with E-state index in [1.54, 1.807) is 0 Å². The molecule has 100 valence electrons. The molecule has 2 heterocycles. The van der Waals surface area contributed by atoms with Crippen molar-refractivity contribution in [2.45, 2.75) is 31.4 Å². The SMILES string of the molecule is O=C(O)C1=NOC(C(=O)NC2CCS(=O)CC2)C1. The first-order chi connectivity index (χ1) is 8.56. The maximum Gasteiger partial charge on any atom is 0.353 e. The summed E-state index contributed by atoms with van der Waals surface area (Å²) in [5.41, 5.74) is -0.139. The maximum atomic E-state index is 11.8. The molecule has 8 heteroatoms. The number of hydrogen-bond donors (Lipinski definition) is 2. The van der Waals surface area contributed by atoms with Gasteiger partial charge in [-0.25, -0.2) is 4.79 Å². The van der Waals surface area contributed by atoms with Crippen LogP contribution in [0.25, 0.3) is 0 Å². The summed E-state index contributed by atoms with van der Waals surface area (Å²) in [4.78, 5) is 27.2. The van der Waals surface area contributed by atoms with Crippen LogP contribution in [0.5, 0.6) is 0 Å². The molecule has 2 aliphatic rings. The van der Waals surface area contributed by atoms with Gasteiger partial charge in [0.2, 0.25) is 6.10 Å². The van der Waals surface area contributed by atoms with E-state index < -0.39 is 22.9 Å². The molecule has 0 radical (unpaired) electrons. The quantitative estimate of drug-likeness (QED) is 0.704. The van der Waals surface area contributed by atoms with Gasteiger partial charge < -0.3 is 15.3 Å². The Bertz CT molecular complexity index is 412. The first kappa shape index (κ1) is 13.0. The van der Waals surface area contributed by atoms with Gasteiger partial charge in [-0.3, -0.25) is 9.00 Å². The van der Waals surface area contributed by atoms with Crippen LogP contribution >= 0.6 is 0 Å². The molecule has 7 nitrogen and oxygen atoms in total. The summed E-state index contributed by atoms with van der Waals surface area (Å²) in [6.45, 7) is 0. The summed E-state index contributed by atoms with van der Waals surface area (Å²) in [6, 6.07) is -0.00678. The maximum absolute atomic E-state index is 11.8. The average Bonchev–Trinajstić information content (AvgIpc) is 2.81. The number of rotatable bonds is 3. The summed E-state index contributed by atoms with van der Waals surface area (Å²) in [6.07, 6.45) is 0.485. The van der Waals surface area contributed by atoms with Gasteiger partial charge in [0.1, 0.15) is 0 Å². The molecule has 1 unspecified atom stereocenters. The lowest BCUT2D eigenvalue weighted by Crippen LogP contribution is -2.44. The van der Waals surface area contributed by atoms with Crippen molar-refractivity contribution in [3.8, 4) is 0 Å². The smallest absolute Gasteiger partial charge is 0.353 e. The Labute approximate surface area is 106 Å². The van der Waals surface area contributed by atoms with Crippen molar-refractivity contribution in [2.75, 3.05) is 11.5 Å². The zero-order valence-electron chi connectivity index (χ0n) is 9.63. The van der Waals surface area contributed by atoms with Gasteiger partial charge in [-0.15, -0.1) is 0 Å². The Morgan fingerprint density at radius 1 is 1.39 bits per heavy atom. The van der Waals surface area contributed by atoms with E-state index in [0.29, 0.717) is 24.3 Å². The Morgan fingerprint density at radius 2 is 2.06 bits per heavy atom. The first-order valence-corrected chi connectivity index (χ1v) is 7.16. The van der Waals surface area contributed by atoms with Gasteiger partial charge in [-0.05, 0) is 12.8 Å². The number of aliphatic carboxylic acids is 1. The van der Waals surface area contributed by atoms with Crippen LogP contribution in [0.3, 0.4) is 0 Å². The van der Waals surface area contributed by atoms with Crippen molar-refractivity contribution >= 4 is 28.4 Å². The molecule has 0 bridgehead atoms. The van der Waals surface area contributed by atoms with Gasteiger partial charge >= 0.3 is 5.97 Å². The van der Waals surface area contributed by atoms with Crippen LogP contribution < -0.4 is 5.32 Å². The molecular weight excluding hydrogens is 260 g/mol. The number of nitrogens with zero attached hydrogens (tertiary/aromatic N) is 1. The normalized spacial score (nSPS) is 31.3. The molecule has 18 heavy (non-hydrogen) atoms. The molecule has 2 rings (SSSR count). The van der Waals surface area contributed by atoms with E-state index in [-0.39, 0.29) is 24.1 Å². The van der Waals surface area contributed by atoms with Crippen LogP contribution in [0.2, 0.25) is 0 Å². The number of carbonyl (C=O) groups excluding carboxylic acids is 1. The second kappa shape index (κ2) is 5.47. The fourth-order valence-electron chi connectivity index (χ4n) is 1.88. The average molecular weight is 274 g/mol. The van der Waals surface area contributed by atoms with Gasteiger partial charge in [-0.1, -0.05) is 5.16 Å². The molecule has 1 atom stereocenters. The highest BCUT2D eigenvalue weighted by Gasteiger charge is 2.33. The van der Waals surface area contributed by atoms with Crippen LogP contribution in [0.15, 0.2) is 5.16 Å². The highest BCUT2D eigenvalue weighted by atomic mass is 32.2. The molecule has 0 aromatic carbocycles. The Balaban J connectivity index is 1.80. The van der Waals surface area contributed by atoms with Gasteiger partial charge in [0.15, 0.2) is 5.71 Å².